The molecule has 3 aliphatic rings. The first-order valence-electron chi connectivity index (χ1n) is 12.4. The summed E-state index contributed by atoms with van der Waals surface area (Å²) < 4.78 is 2.03. The van der Waals surface area contributed by atoms with Gasteiger partial charge in [-0.05, 0) is 45.4 Å². The van der Waals surface area contributed by atoms with Gasteiger partial charge in [0.05, 0.1) is 0 Å². The molecule has 2 heterocycles. The van der Waals surface area contributed by atoms with Crippen molar-refractivity contribution in [3.63, 3.8) is 0 Å². The largest absolute Gasteiger partial charge is 0.354 e. The van der Waals surface area contributed by atoms with E-state index in [1.165, 1.54) is 90.1 Å². The third-order valence-corrected chi connectivity index (χ3v) is 7.47. The predicted molar refractivity (Wildman–Crippen MR) is 121 cm³/mol. The Hall–Kier alpha value is -1.63. The van der Waals surface area contributed by atoms with Crippen molar-refractivity contribution < 1.29 is 0 Å². The van der Waals surface area contributed by atoms with E-state index in [-0.39, 0.29) is 0 Å². The lowest BCUT2D eigenvalue weighted by Gasteiger charge is -2.40. The summed E-state index contributed by atoms with van der Waals surface area (Å²) in [6.45, 7) is 5.00. The normalized spacial score (nSPS) is 23.6. The number of guanidine groups is 1. The van der Waals surface area contributed by atoms with E-state index < -0.39 is 0 Å². The van der Waals surface area contributed by atoms with E-state index in [4.69, 9.17) is 4.99 Å². The molecule has 168 valence electrons. The van der Waals surface area contributed by atoms with Gasteiger partial charge < -0.3 is 20.1 Å². The number of aliphatic imine (C=N–C) groups is 1. The summed E-state index contributed by atoms with van der Waals surface area (Å²) in [4.78, 5) is 7.68. The molecule has 2 aliphatic carbocycles. The molecular formula is C23H41N7. The molecule has 3 fully saturated rings. The second-order valence-corrected chi connectivity index (χ2v) is 9.61. The molecule has 0 bridgehead atoms. The minimum Gasteiger partial charge on any atom is -0.354 e. The third kappa shape index (κ3) is 5.74. The first-order chi connectivity index (χ1) is 14.7. The summed E-state index contributed by atoms with van der Waals surface area (Å²) in [5, 5.41) is 16.0. The Morgan fingerprint density at radius 2 is 1.47 bits per heavy atom. The van der Waals surface area contributed by atoms with E-state index in [9.17, 15) is 0 Å². The molecule has 4 rings (SSSR count). The van der Waals surface area contributed by atoms with Gasteiger partial charge in [-0.3, -0.25) is 0 Å². The van der Waals surface area contributed by atoms with Gasteiger partial charge in [0.25, 0.3) is 0 Å². The van der Waals surface area contributed by atoms with Crippen molar-refractivity contribution in [1.82, 2.24) is 30.3 Å². The van der Waals surface area contributed by atoms with Crippen LogP contribution in [0.1, 0.15) is 88.7 Å². The highest BCUT2D eigenvalue weighted by Crippen LogP contribution is 2.25. The van der Waals surface area contributed by atoms with Crippen molar-refractivity contribution in [2.24, 2.45) is 12.0 Å². The molecule has 1 aromatic rings. The van der Waals surface area contributed by atoms with Crippen LogP contribution >= 0.6 is 0 Å². The van der Waals surface area contributed by atoms with Crippen molar-refractivity contribution in [2.75, 3.05) is 13.1 Å². The fourth-order valence-corrected chi connectivity index (χ4v) is 5.36. The molecule has 0 spiro atoms. The number of piperidine rings is 1. The van der Waals surface area contributed by atoms with Crippen LogP contribution in [0.5, 0.6) is 0 Å². The summed E-state index contributed by atoms with van der Waals surface area (Å²) in [5.74, 6) is 2.83. The third-order valence-electron chi connectivity index (χ3n) is 7.47. The number of aryl methyl sites for hydroxylation is 1. The number of hydrogen-bond donors (Lipinski definition) is 2. The standard InChI is InChI=1S/C23H41N7/c1-18-27-28-22(29(18)2)17-24-23(25-19-9-5-3-6-10-19)26-20-13-15-30(16-14-20)21-11-7-4-8-12-21/h19-21H,3-17H2,1-2H3,(H2,24,25,26). The van der Waals surface area contributed by atoms with Gasteiger partial charge in [0.15, 0.2) is 11.8 Å². The molecule has 0 aromatic carbocycles. The van der Waals surface area contributed by atoms with Gasteiger partial charge in [-0.2, -0.15) is 0 Å². The molecule has 7 heteroatoms. The van der Waals surface area contributed by atoms with Crippen molar-refractivity contribution in [1.29, 1.82) is 0 Å². The molecule has 0 atom stereocenters. The van der Waals surface area contributed by atoms with Gasteiger partial charge >= 0.3 is 0 Å². The zero-order valence-corrected chi connectivity index (χ0v) is 19.1. The summed E-state index contributed by atoms with van der Waals surface area (Å²) in [5.41, 5.74) is 0. The second-order valence-electron chi connectivity index (χ2n) is 9.61. The van der Waals surface area contributed by atoms with Gasteiger partial charge in [0.2, 0.25) is 0 Å². The predicted octanol–water partition coefficient (Wildman–Crippen LogP) is 3.29. The molecule has 1 aliphatic heterocycles. The van der Waals surface area contributed by atoms with E-state index in [0.29, 0.717) is 18.6 Å². The minimum atomic E-state index is 0.515. The molecule has 2 saturated carbocycles. The quantitative estimate of drug-likeness (QED) is 0.570. The number of likely N-dealkylation sites (tertiary alicyclic amines) is 1. The number of nitrogens with zero attached hydrogens (tertiary/aromatic N) is 5. The van der Waals surface area contributed by atoms with Crippen LogP contribution in [0, 0.1) is 6.92 Å². The number of hydrogen-bond acceptors (Lipinski definition) is 4. The van der Waals surface area contributed by atoms with Crippen molar-refractivity contribution in [3.8, 4) is 0 Å². The van der Waals surface area contributed by atoms with Crippen LogP contribution < -0.4 is 10.6 Å². The average molecular weight is 416 g/mol. The highest BCUT2D eigenvalue weighted by Gasteiger charge is 2.27. The topological polar surface area (TPSA) is 70.4 Å². The lowest BCUT2D eigenvalue weighted by molar-refractivity contribution is 0.119. The van der Waals surface area contributed by atoms with Crippen LogP contribution in [-0.4, -0.2) is 56.8 Å². The lowest BCUT2D eigenvalue weighted by atomic mass is 9.92. The number of aromatic nitrogens is 3. The molecule has 7 nitrogen and oxygen atoms in total. The van der Waals surface area contributed by atoms with Crippen molar-refractivity contribution in [2.45, 2.75) is 109 Å². The molecule has 0 unspecified atom stereocenters. The Kier molecular flexibility index (Phi) is 7.63. The molecule has 0 amide bonds. The fraction of sp³-hybridized carbons (Fsp3) is 0.870. The summed E-state index contributed by atoms with van der Waals surface area (Å²) >= 11 is 0. The van der Waals surface area contributed by atoms with Gasteiger partial charge in [0, 0.05) is 38.3 Å². The van der Waals surface area contributed by atoms with Crippen LogP contribution in [-0.2, 0) is 13.6 Å². The zero-order chi connectivity index (χ0) is 20.8. The van der Waals surface area contributed by atoms with Gasteiger partial charge in [0.1, 0.15) is 12.4 Å². The van der Waals surface area contributed by atoms with Crippen LogP contribution in [0.3, 0.4) is 0 Å². The van der Waals surface area contributed by atoms with Crippen molar-refractivity contribution in [3.05, 3.63) is 11.6 Å². The van der Waals surface area contributed by atoms with E-state index in [1.807, 2.05) is 18.5 Å². The van der Waals surface area contributed by atoms with Gasteiger partial charge in [-0.25, -0.2) is 4.99 Å². The number of nitrogens with one attached hydrogen (secondary N) is 2. The fourth-order valence-electron chi connectivity index (χ4n) is 5.36. The van der Waals surface area contributed by atoms with Gasteiger partial charge in [-0.1, -0.05) is 38.5 Å². The summed E-state index contributed by atoms with van der Waals surface area (Å²) in [6.07, 6.45) is 16.1. The maximum Gasteiger partial charge on any atom is 0.192 e. The first-order valence-corrected chi connectivity index (χ1v) is 12.4. The van der Waals surface area contributed by atoms with E-state index in [1.54, 1.807) is 0 Å². The Labute approximate surface area is 182 Å². The van der Waals surface area contributed by atoms with E-state index >= 15 is 0 Å². The molecule has 30 heavy (non-hydrogen) atoms. The molecule has 1 aromatic heterocycles. The van der Waals surface area contributed by atoms with E-state index in [2.05, 4.69) is 25.7 Å². The maximum atomic E-state index is 4.92. The van der Waals surface area contributed by atoms with Crippen LogP contribution in [0.25, 0.3) is 0 Å². The zero-order valence-electron chi connectivity index (χ0n) is 19.1. The minimum absolute atomic E-state index is 0.515. The molecular weight excluding hydrogens is 374 g/mol. The Bertz CT molecular complexity index is 678. The summed E-state index contributed by atoms with van der Waals surface area (Å²) in [7, 11) is 2.02. The SMILES string of the molecule is Cc1nnc(CN=C(NC2CCCCC2)NC2CCN(C3CCCCC3)CC2)n1C. The Morgan fingerprint density at radius 3 is 2.07 bits per heavy atom. The highest BCUT2D eigenvalue weighted by atomic mass is 15.3. The van der Waals surface area contributed by atoms with E-state index in [0.717, 1.165) is 23.7 Å². The molecule has 1 saturated heterocycles. The monoisotopic (exact) mass is 415 g/mol. The van der Waals surface area contributed by atoms with Crippen LogP contribution in [0.4, 0.5) is 0 Å². The Morgan fingerprint density at radius 1 is 0.867 bits per heavy atom. The highest BCUT2D eigenvalue weighted by molar-refractivity contribution is 5.80. The van der Waals surface area contributed by atoms with Crippen molar-refractivity contribution >= 4 is 5.96 Å². The second kappa shape index (κ2) is 10.6. The van der Waals surface area contributed by atoms with Crippen LogP contribution in [0.15, 0.2) is 4.99 Å². The molecule has 0 radical (unpaired) electrons. The Balaban J connectivity index is 1.34. The first kappa shape index (κ1) is 21.6. The van der Waals surface area contributed by atoms with Gasteiger partial charge in [-0.15, -0.1) is 10.2 Å². The lowest BCUT2D eigenvalue weighted by Crippen LogP contribution is -2.52. The smallest absolute Gasteiger partial charge is 0.192 e. The maximum absolute atomic E-state index is 4.92. The number of rotatable bonds is 5. The average Bonchev–Trinajstić information content (AvgIpc) is 3.11. The van der Waals surface area contributed by atoms with Crippen LogP contribution in [0.2, 0.25) is 0 Å². The summed E-state index contributed by atoms with van der Waals surface area (Å²) in [6, 6.07) is 1.90. The molecule has 2 N–H and O–H groups in total.